The average Bonchev–Trinajstić information content (AvgIpc) is 2.49. The van der Waals surface area contributed by atoms with Crippen LogP contribution in [0.3, 0.4) is 0 Å². The molecule has 2 nitrogen and oxygen atoms in total. The summed E-state index contributed by atoms with van der Waals surface area (Å²) in [7, 11) is 0. The molecule has 1 atom stereocenters. The number of benzene rings is 2. The Labute approximate surface area is 138 Å². The van der Waals surface area contributed by atoms with E-state index in [0.717, 1.165) is 5.75 Å². The molecule has 0 aromatic heterocycles. The largest absolute Gasteiger partial charge is 0.323 e. The second-order valence-electron chi connectivity index (χ2n) is 4.52. The fraction of sp³-hybridized carbons (Fsp3) is 0.188. The van der Waals surface area contributed by atoms with Crippen LogP contribution in [0.1, 0.15) is 12.5 Å². The van der Waals surface area contributed by atoms with Crippen molar-refractivity contribution in [2.45, 2.75) is 17.9 Å². The summed E-state index contributed by atoms with van der Waals surface area (Å²) in [6.07, 6.45) is 0. The Morgan fingerprint density at radius 1 is 1.10 bits per heavy atom. The highest BCUT2D eigenvalue weighted by Gasteiger charge is 2.16. The Morgan fingerprint density at radius 2 is 1.71 bits per heavy atom. The first-order valence-corrected chi connectivity index (χ1v) is 8.29. The van der Waals surface area contributed by atoms with Crippen molar-refractivity contribution in [2.75, 3.05) is 5.32 Å². The predicted molar refractivity (Wildman–Crippen MR) is 92.3 cm³/mol. The Bertz CT molecular complexity index is 599. The van der Waals surface area contributed by atoms with Crippen LogP contribution in [0, 0.1) is 0 Å². The number of anilines is 1. The van der Waals surface area contributed by atoms with Gasteiger partial charge in [-0.15, -0.1) is 11.8 Å². The molecule has 0 saturated carbocycles. The van der Waals surface area contributed by atoms with Crippen molar-refractivity contribution in [3.8, 4) is 0 Å². The zero-order valence-corrected chi connectivity index (χ0v) is 13.8. The number of hydrogen-bond acceptors (Lipinski definition) is 2. The second kappa shape index (κ2) is 7.74. The molecule has 21 heavy (non-hydrogen) atoms. The number of thioether (sulfide) groups is 1. The Kier molecular flexibility index (Phi) is 5.97. The number of amides is 1. The quantitative estimate of drug-likeness (QED) is 0.805. The topological polar surface area (TPSA) is 29.1 Å². The SMILES string of the molecule is C[C@@H](SCc1ccccc1)C(=O)Nc1c(Cl)cccc1Cl. The van der Waals surface area contributed by atoms with Gasteiger partial charge < -0.3 is 5.32 Å². The van der Waals surface area contributed by atoms with Crippen molar-refractivity contribution in [1.29, 1.82) is 0 Å². The van der Waals surface area contributed by atoms with Crippen LogP contribution in [0.4, 0.5) is 5.69 Å². The van der Waals surface area contributed by atoms with Gasteiger partial charge in [-0.05, 0) is 24.6 Å². The van der Waals surface area contributed by atoms with E-state index in [0.29, 0.717) is 15.7 Å². The molecule has 1 amide bonds. The monoisotopic (exact) mass is 339 g/mol. The summed E-state index contributed by atoms with van der Waals surface area (Å²) in [6.45, 7) is 1.87. The molecule has 110 valence electrons. The van der Waals surface area contributed by atoms with Crippen molar-refractivity contribution < 1.29 is 4.79 Å². The van der Waals surface area contributed by atoms with Crippen LogP contribution < -0.4 is 5.32 Å². The van der Waals surface area contributed by atoms with E-state index in [9.17, 15) is 4.79 Å². The van der Waals surface area contributed by atoms with E-state index < -0.39 is 0 Å². The second-order valence-corrected chi connectivity index (χ2v) is 6.67. The van der Waals surface area contributed by atoms with Gasteiger partial charge >= 0.3 is 0 Å². The highest BCUT2D eigenvalue weighted by molar-refractivity contribution is 7.99. The smallest absolute Gasteiger partial charge is 0.237 e. The molecule has 0 heterocycles. The lowest BCUT2D eigenvalue weighted by atomic mass is 10.2. The lowest BCUT2D eigenvalue weighted by molar-refractivity contribution is -0.115. The molecule has 0 spiro atoms. The summed E-state index contributed by atoms with van der Waals surface area (Å²) in [6, 6.07) is 15.2. The minimum Gasteiger partial charge on any atom is -0.323 e. The van der Waals surface area contributed by atoms with E-state index in [1.807, 2.05) is 37.3 Å². The van der Waals surface area contributed by atoms with Crippen LogP contribution in [0.2, 0.25) is 10.0 Å². The lowest BCUT2D eigenvalue weighted by Gasteiger charge is -2.14. The molecule has 2 rings (SSSR count). The van der Waals surface area contributed by atoms with Crippen molar-refractivity contribution in [3.63, 3.8) is 0 Å². The molecule has 0 aliphatic rings. The number of nitrogens with one attached hydrogen (secondary N) is 1. The number of hydrogen-bond donors (Lipinski definition) is 1. The van der Waals surface area contributed by atoms with Gasteiger partial charge in [0.25, 0.3) is 0 Å². The van der Waals surface area contributed by atoms with Gasteiger partial charge in [-0.1, -0.05) is 59.6 Å². The van der Waals surface area contributed by atoms with Crippen LogP contribution >= 0.6 is 35.0 Å². The molecule has 0 radical (unpaired) electrons. The van der Waals surface area contributed by atoms with E-state index in [-0.39, 0.29) is 11.2 Å². The summed E-state index contributed by atoms with van der Waals surface area (Å²) in [5, 5.41) is 3.48. The summed E-state index contributed by atoms with van der Waals surface area (Å²) >= 11 is 13.7. The van der Waals surface area contributed by atoms with Gasteiger partial charge in [-0.2, -0.15) is 0 Å². The normalized spacial score (nSPS) is 12.0. The molecule has 1 N–H and O–H groups in total. The summed E-state index contributed by atoms with van der Waals surface area (Å²) in [4.78, 5) is 12.2. The maximum absolute atomic E-state index is 12.2. The fourth-order valence-corrected chi connectivity index (χ4v) is 3.05. The van der Waals surface area contributed by atoms with E-state index in [1.165, 1.54) is 5.56 Å². The number of para-hydroxylation sites is 1. The van der Waals surface area contributed by atoms with Gasteiger partial charge in [0, 0.05) is 5.75 Å². The predicted octanol–water partition coefficient (Wildman–Crippen LogP) is 5.25. The van der Waals surface area contributed by atoms with Crippen molar-refractivity contribution in [1.82, 2.24) is 0 Å². The first-order chi connectivity index (χ1) is 10.1. The third-order valence-corrected chi connectivity index (χ3v) is 4.77. The maximum atomic E-state index is 12.2. The van der Waals surface area contributed by atoms with Gasteiger partial charge in [0.2, 0.25) is 5.91 Å². The summed E-state index contributed by atoms with van der Waals surface area (Å²) in [5.74, 6) is 0.678. The molecule has 0 unspecified atom stereocenters. The van der Waals surface area contributed by atoms with Crippen molar-refractivity contribution >= 4 is 46.6 Å². The number of rotatable bonds is 5. The molecule has 5 heteroatoms. The van der Waals surface area contributed by atoms with Gasteiger partial charge in [0.15, 0.2) is 0 Å². The third kappa shape index (κ3) is 4.67. The molecule has 2 aromatic carbocycles. The zero-order chi connectivity index (χ0) is 15.2. The van der Waals surface area contributed by atoms with Crippen LogP contribution in [0.5, 0.6) is 0 Å². The highest BCUT2D eigenvalue weighted by Crippen LogP contribution is 2.30. The Hall–Kier alpha value is -1.16. The van der Waals surface area contributed by atoms with Crippen LogP contribution in [0.25, 0.3) is 0 Å². The van der Waals surface area contributed by atoms with E-state index >= 15 is 0 Å². The number of carbonyl (C=O) groups excluding carboxylic acids is 1. The molecule has 2 aromatic rings. The van der Waals surface area contributed by atoms with Crippen LogP contribution in [0.15, 0.2) is 48.5 Å². The van der Waals surface area contributed by atoms with E-state index in [4.69, 9.17) is 23.2 Å². The average molecular weight is 340 g/mol. The molecule has 0 fully saturated rings. The standard InChI is InChI=1S/C16H15Cl2NOS/c1-11(21-10-12-6-3-2-4-7-12)16(20)19-15-13(17)8-5-9-14(15)18/h2-9,11H,10H2,1H3,(H,19,20)/t11-/m1/s1. The first-order valence-electron chi connectivity index (χ1n) is 6.48. The first kappa shape index (κ1) is 16.2. The highest BCUT2D eigenvalue weighted by atomic mass is 35.5. The fourth-order valence-electron chi connectivity index (χ4n) is 1.71. The van der Waals surface area contributed by atoms with E-state index in [2.05, 4.69) is 5.32 Å². The van der Waals surface area contributed by atoms with Gasteiger partial charge in [-0.25, -0.2) is 0 Å². The van der Waals surface area contributed by atoms with Crippen molar-refractivity contribution in [3.05, 3.63) is 64.1 Å². The minimum absolute atomic E-state index is 0.106. The third-order valence-electron chi connectivity index (χ3n) is 2.92. The molecule has 0 aliphatic heterocycles. The van der Waals surface area contributed by atoms with Gasteiger partial charge in [-0.3, -0.25) is 4.79 Å². The Morgan fingerprint density at radius 3 is 2.33 bits per heavy atom. The van der Waals surface area contributed by atoms with Crippen LogP contribution in [-0.4, -0.2) is 11.2 Å². The Balaban J connectivity index is 1.94. The summed E-state index contributed by atoms with van der Waals surface area (Å²) < 4.78 is 0. The van der Waals surface area contributed by atoms with E-state index in [1.54, 1.807) is 30.0 Å². The molecule has 0 bridgehead atoms. The van der Waals surface area contributed by atoms with Crippen molar-refractivity contribution in [2.24, 2.45) is 0 Å². The zero-order valence-electron chi connectivity index (χ0n) is 11.5. The maximum Gasteiger partial charge on any atom is 0.237 e. The molecular weight excluding hydrogens is 325 g/mol. The van der Waals surface area contributed by atoms with Crippen LogP contribution in [-0.2, 0) is 10.5 Å². The number of halogens is 2. The molecule has 0 saturated heterocycles. The number of carbonyl (C=O) groups is 1. The molecule has 0 aliphatic carbocycles. The molecular formula is C16H15Cl2NOS. The lowest BCUT2D eigenvalue weighted by Crippen LogP contribution is -2.23. The summed E-state index contributed by atoms with van der Waals surface area (Å²) in [5.41, 5.74) is 1.66. The minimum atomic E-state index is -0.197. The van der Waals surface area contributed by atoms with Gasteiger partial charge in [0.05, 0.1) is 21.0 Å². The van der Waals surface area contributed by atoms with Gasteiger partial charge in [0.1, 0.15) is 0 Å².